The quantitative estimate of drug-likeness (QED) is 0.0691. The van der Waals surface area contributed by atoms with Crippen LogP contribution in [0.2, 0.25) is 0 Å². The van der Waals surface area contributed by atoms with E-state index in [0.717, 1.165) is 32.2 Å². The summed E-state index contributed by atoms with van der Waals surface area (Å²) < 4.78 is 22.6. The van der Waals surface area contributed by atoms with Gasteiger partial charge >= 0.3 is 7.82 Å². The summed E-state index contributed by atoms with van der Waals surface area (Å²) in [7, 11) is -3.91. The molecular formula is C31H66NO4P. The molecule has 0 aliphatic heterocycles. The maximum absolute atomic E-state index is 12.1. The van der Waals surface area contributed by atoms with Crippen LogP contribution >= 0.6 is 7.82 Å². The molecule has 0 aromatic carbocycles. The van der Waals surface area contributed by atoms with Crippen LogP contribution < -0.4 is 0 Å². The molecule has 1 unspecified atom stereocenters. The van der Waals surface area contributed by atoms with Gasteiger partial charge in [0.05, 0.1) is 13.2 Å². The lowest BCUT2D eigenvalue weighted by Crippen LogP contribution is -2.27. The molecule has 0 heterocycles. The summed E-state index contributed by atoms with van der Waals surface area (Å²) in [4.78, 5) is 12.6. The van der Waals surface area contributed by atoms with Crippen molar-refractivity contribution < 1.29 is 18.5 Å². The first kappa shape index (κ1) is 37.1. The van der Waals surface area contributed by atoms with Crippen molar-refractivity contribution in [2.45, 2.75) is 168 Å². The smallest absolute Gasteiger partial charge is 0.303 e. The Kier molecular flexibility index (Phi) is 29.1. The van der Waals surface area contributed by atoms with Gasteiger partial charge in [-0.25, -0.2) is 4.57 Å². The van der Waals surface area contributed by atoms with E-state index in [0.29, 0.717) is 13.2 Å². The normalized spacial score (nSPS) is 13.4. The molecule has 0 aliphatic rings. The summed E-state index contributed by atoms with van der Waals surface area (Å²) in [5, 5.41) is 0. The van der Waals surface area contributed by atoms with E-state index in [-0.39, 0.29) is 0 Å². The first-order valence-corrected chi connectivity index (χ1v) is 17.9. The predicted molar refractivity (Wildman–Crippen MR) is 161 cm³/mol. The predicted octanol–water partition coefficient (Wildman–Crippen LogP) is 10.5. The topological polar surface area (TPSA) is 59.0 Å². The lowest BCUT2D eigenvalue weighted by atomic mass is 10.1. The Labute approximate surface area is 232 Å². The standard InChI is InChI=1S/C31H66NO4P/c1-4-7-10-13-16-17-18-21-25-30-35-37(33,34)36-31-26-24-29-32(27-22-19-14-11-8-5-2)28-23-20-15-12-9-6-3/h4-31H2,1-3H3,(H,33,34). The fraction of sp³-hybridized carbons (Fsp3) is 1.00. The number of nitrogens with zero attached hydrogens (tertiary/aromatic N) is 1. The highest BCUT2D eigenvalue weighted by atomic mass is 31.2. The van der Waals surface area contributed by atoms with Gasteiger partial charge in [0.25, 0.3) is 0 Å². The number of unbranched alkanes of at least 4 members (excludes halogenated alkanes) is 19. The van der Waals surface area contributed by atoms with Gasteiger partial charge in [-0.05, 0) is 51.7 Å². The van der Waals surface area contributed by atoms with Gasteiger partial charge in [0.1, 0.15) is 0 Å². The molecule has 1 atom stereocenters. The van der Waals surface area contributed by atoms with E-state index in [1.54, 1.807) is 0 Å². The Morgan fingerprint density at radius 1 is 0.459 bits per heavy atom. The maximum atomic E-state index is 12.1. The molecule has 5 nitrogen and oxygen atoms in total. The SMILES string of the molecule is CCCCCCCCCCCOP(=O)(O)OCCCCN(CCCCCCCC)CCCCCCCC. The molecule has 0 aromatic heterocycles. The molecule has 0 aliphatic carbocycles. The van der Waals surface area contributed by atoms with E-state index in [9.17, 15) is 9.46 Å². The molecule has 0 fully saturated rings. The van der Waals surface area contributed by atoms with E-state index >= 15 is 0 Å². The minimum atomic E-state index is -3.91. The van der Waals surface area contributed by atoms with Crippen LogP contribution in [0, 0.1) is 0 Å². The highest BCUT2D eigenvalue weighted by Crippen LogP contribution is 2.43. The first-order chi connectivity index (χ1) is 18.1. The number of phosphoric ester groups is 1. The summed E-state index contributed by atoms with van der Waals surface area (Å²) in [6.07, 6.45) is 28.8. The highest BCUT2D eigenvalue weighted by molar-refractivity contribution is 7.47. The average molecular weight is 548 g/mol. The van der Waals surface area contributed by atoms with Crippen LogP contribution in [0.15, 0.2) is 0 Å². The number of hydrogen-bond acceptors (Lipinski definition) is 4. The minimum Gasteiger partial charge on any atom is -0.303 e. The minimum absolute atomic E-state index is 0.299. The van der Waals surface area contributed by atoms with Crippen molar-refractivity contribution in [3.8, 4) is 0 Å². The first-order valence-electron chi connectivity index (χ1n) is 16.4. The third-order valence-electron chi connectivity index (χ3n) is 7.28. The van der Waals surface area contributed by atoms with Crippen molar-refractivity contribution in [2.24, 2.45) is 0 Å². The van der Waals surface area contributed by atoms with Crippen LogP contribution in [-0.2, 0) is 13.6 Å². The van der Waals surface area contributed by atoms with Crippen molar-refractivity contribution in [3.63, 3.8) is 0 Å². The van der Waals surface area contributed by atoms with Crippen molar-refractivity contribution >= 4 is 7.82 Å². The lowest BCUT2D eigenvalue weighted by Gasteiger charge is -2.22. The fourth-order valence-electron chi connectivity index (χ4n) is 4.81. The number of hydrogen-bond donors (Lipinski definition) is 1. The van der Waals surface area contributed by atoms with Crippen molar-refractivity contribution in [1.82, 2.24) is 4.90 Å². The van der Waals surface area contributed by atoms with Crippen molar-refractivity contribution in [3.05, 3.63) is 0 Å². The molecule has 0 aromatic rings. The third-order valence-corrected chi connectivity index (χ3v) is 8.30. The van der Waals surface area contributed by atoms with Gasteiger partial charge in [0.2, 0.25) is 0 Å². The summed E-state index contributed by atoms with van der Waals surface area (Å²) in [5.41, 5.74) is 0. The largest absolute Gasteiger partial charge is 0.472 e. The van der Waals surface area contributed by atoms with Gasteiger partial charge in [-0.3, -0.25) is 9.05 Å². The maximum Gasteiger partial charge on any atom is 0.472 e. The van der Waals surface area contributed by atoms with Crippen LogP contribution in [-0.4, -0.2) is 42.6 Å². The van der Waals surface area contributed by atoms with Crippen molar-refractivity contribution in [1.29, 1.82) is 0 Å². The zero-order valence-corrected chi connectivity index (χ0v) is 26.3. The van der Waals surface area contributed by atoms with Gasteiger partial charge in [-0.2, -0.15) is 0 Å². The molecule has 0 amide bonds. The molecule has 1 N–H and O–H groups in total. The Morgan fingerprint density at radius 3 is 1.11 bits per heavy atom. The molecule has 0 saturated carbocycles. The van der Waals surface area contributed by atoms with Gasteiger partial charge < -0.3 is 9.79 Å². The lowest BCUT2D eigenvalue weighted by molar-refractivity contribution is 0.143. The zero-order valence-electron chi connectivity index (χ0n) is 25.4. The van der Waals surface area contributed by atoms with Crippen molar-refractivity contribution in [2.75, 3.05) is 32.8 Å². The second kappa shape index (κ2) is 29.1. The van der Waals surface area contributed by atoms with E-state index < -0.39 is 7.82 Å². The molecule has 0 saturated heterocycles. The summed E-state index contributed by atoms with van der Waals surface area (Å²) >= 11 is 0. The molecule has 0 spiro atoms. The van der Waals surface area contributed by atoms with Crippen LogP contribution in [0.25, 0.3) is 0 Å². The van der Waals surface area contributed by atoms with E-state index in [1.807, 2.05) is 0 Å². The van der Waals surface area contributed by atoms with E-state index in [1.165, 1.54) is 135 Å². The monoisotopic (exact) mass is 547 g/mol. The van der Waals surface area contributed by atoms with Gasteiger partial charge in [0, 0.05) is 0 Å². The fourth-order valence-corrected chi connectivity index (χ4v) is 5.61. The second-order valence-corrected chi connectivity index (χ2v) is 12.5. The Hall–Kier alpha value is 0.0700. The number of phosphoric acid groups is 1. The number of rotatable bonds is 31. The molecule has 6 heteroatoms. The van der Waals surface area contributed by atoms with Crippen LogP contribution in [0.3, 0.4) is 0 Å². The Balaban J connectivity index is 3.93. The molecule has 0 rings (SSSR count). The summed E-state index contributed by atoms with van der Waals surface area (Å²) in [6.45, 7) is 10.8. The molecule has 224 valence electrons. The summed E-state index contributed by atoms with van der Waals surface area (Å²) in [5.74, 6) is 0. The highest BCUT2D eigenvalue weighted by Gasteiger charge is 2.20. The zero-order chi connectivity index (χ0) is 27.3. The Bertz CT molecular complexity index is 476. The average Bonchev–Trinajstić information content (AvgIpc) is 2.88. The van der Waals surface area contributed by atoms with Crippen LogP contribution in [0.1, 0.15) is 168 Å². The van der Waals surface area contributed by atoms with Gasteiger partial charge in [-0.15, -0.1) is 0 Å². The Morgan fingerprint density at radius 2 is 0.730 bits per heavy atom. The molecule has 0 radical (unpaired) electrons. The summed E-state index contributed by atoms with van der Waals surface area (Å²) in [6, 6.07) is 0. The van der Waals surface area contributed by atoms with Crippen LogP contribution in [0.5, 0.6) is 0 Å². The molecule has 0 bridgehead atoms. The van der Waals surface area contributed by atoms with Gasteiger partial charge in [-0.1, -0.05) is 136 Å². The van der Waals surface area contributed by atoms with E-state index in [2.05, 4.69) is 25.7 Å². The second-order valence-electron chi connectivity index (χ2n) is 11.0. The van der Waals surface area contributed by atoms with Crippen LogP contribution in [0.4, 0.5) is 0 Å². The molecular weight excluding hydrogens is 481 g/mol. The molecule has 37 heavy (non-hydrogen) atoms. The van der Waals surface area contributed by atoms with Gasteiger partial charge in [0.15, 0.2) is 0 Å². The third kappa shape index (κ3) is 28.9. The van der Waals surface area contributed by atoms with E-state index in [4.69, 9.17) is 9.05 Å².